The van der Waals surface area contributed by atoms with Crippen LogP contribution in [0.3, 0.4) is 0 Å². The zero-order valence-electron chi connectivity index (χ0n) is 9.58. The Balaban J connectivity index is 2.37. The van der Waals surface area contributed by atoms with Crippen molar-refractivity contribution in [3.8, 4) is 0 Å². The monoisotopic (exact) mass is 222 g/mol. The molecule has 3 N–H and O–H groups in total. The summed E-state index contributed by atoms with van der Waals surface area (Å²) in [5.41, 5.74) is 1.74. The van der Waals surface area contributed by atoms with E-state index >= 15 is 0 Å². The first kappa shape index (κ1) is 11.2. The molecule has 1 aromatic rings. The van der Waals surface area contributed by atoms with Gasteiger partial charge in [0.05, 0.1) is 0 Å². The quantitative estimate of drug-likeness (QED) is 0.455. The molecule has 4 nitrogen and oxygen atoms in total. The number of hydrogen-bond acceptors (Lipinski definition) is 3. The van der Waals surface area contributed by atoms with Gasteiger partial charge in [-0.1, -0.05) is 19.3 Å². The van der Waals surface area contributed by atoms with E-state index in [4.69, 9.17) is 10.3 Å². The van der Waals surface area contributed by atoms with Crippen molar-refractivity contribution in [1.82, 2.24) is 5.43 Å². The van der Waals surface area contributed by atoms with E-state index in [1.807, 2.05) is 19.1 Å². The summed E-state index contributed by atoms with van der Waals surface area (Å²) in [6.45, 7) is 1.89. The Morgan fingerprint density at radius 3 is 2.56 bits per heavy atom. The Morgan fingerprint density at radius 2 is 2.06 bits per heavy atom. The Kier molecular flexibility index (Phi) is 3.01. The van der Waals surface area contributed by atoms with Crippen molar-refractivity contribution >= 4 is 5.91 Å². The summed E-state index contributed by atoms with van der Waals surface area (Å²) in [7, 11) is 0. The van der Waals surface area contributed by atoms with Crippen molar-refractivity contribution in [3.05, 3.63) is 23.7 Å². The van der Waals surface area contributed by atoms with Gasteiger partial charge >= 0.3 is 0 Å². The highest BCUT2D eigenvalue weighted by Gasteiger charge is 2.43. The van der Waals surface area contributed by atoms with Crippen LogP contribution in [0.1, 0.15) is 43.6 Å². The molecule has 1 aliphatic carbocycles. The molecule has 0 radical (unpaired) electrons. The SMILES string of the molecule is Cc1ccc(C2(C(=O)NN)CCCCC2)o1. The second kappa shape index (κ2) is 4.29. The molecule has 0 aromatic carbocycles. The van der Waals surface area contributed by atoms with Gasteiger partial charge in [0.15, 0.2) is 0 Å². The average molecular weight is 222 g/mol. The Morgan fingerprint density at radius 1 is 1.38 bits per heavy atom. The molecule has 1 aliphatic rings. The fourth-order valence-electron chi connectivity index (χ4n) is 2.57. The third-order valence-electron chi connectivity index (χ3n) is 3.48. The van der Waals surface area contributed by atoms with Gasteiger partial charge in [-0.2, -0.15) is 0 Å². The van der Waals surface area contributed by atoms with Crippen LogP contribution in [0.2, 0.25) is 0 Å². The summed E-state index contributed by atoms with van der Waals surface area (Å²) in [4.78, 5) is 12.0. The van der Waals surface area contributed by atoms with Gasteiger partial charge in [-0.25, -0.2) is 5.84 Å². The van der Waals surface area contributed by atoms with Crippen LogP contribution in [0, 0.1) is 6.92 Å². The van der Waals surface area contributed by atoms with E-state index in [1.54, 1.807) is 0 Å². The van der Waals surface area contributed by atoms with E-state index in [-0.39, 0.29) is 5.91 Å². The van der Waals surface area contributed by atoms with Crippen molar-refractivity contribution in [2.45, 2.75) is 44.4 Å². The summed E-state index contributed by atoms with van der Waals surface area (Å²) in [5.74, 6) is 6.76. The molecular formula is C12H18N2O2. The van der Waals surface area contributed by atoms with Gasteiger partial charge in [-0.3, -0.25) is 10.2 Å². The number of carbonyl (C=O) groups excluding carboxylic acids is 1. The molecule has 1 fully saturated rings. The summed E-state index contributed by atoms with van der Waals surface area (Å²) < 4.78 is 5.63. The molecule has 1 amide bonds. The lowest BCUT2D eigenvalue weighted by molar-refractivity contribution is -0.128. The first-order valence-electron chi connectivity index (χ1n) is 5.77. The van der Waals surface area contributed by atoms with Crippen LogP contribution in [0.25, 0.3) is 0 Å². The Hall–Kier alpha value is -1.29. The van der Waals surface area contributed by atoms with Crippen LogP contribution in [-0.4, -0.2) is 5.91 Å². The Labute approximate surface area is 95.2 Å². The van der Waals surface area contributed by atoms with Crippen molar-refractivity contribution in [2.75, 3.05) is 0 Å². The third-order valence-corrected chi connectivity index (χ3v) is 3.48. The highest BCUT2D eigenvalue weighted by molar-refractivity contribution is 5.87. The zero-order valence-corrected chi connectivity index (χ0v) is 9.58. The number of amides is 1. The Bertz CT molecular complexity index is 378. The molecular weight excluding hydrogens is 204 g/mol. The smallest absolute Gasteiger partial charge is 0.247 e. The number of nitrogens with one attached hydrogen (secondary N) is 1. The number of hydrazine groups is 1. The molecule has 2 rings (SSSR count). The molecule has 1 saturated carbocycles. The molecule has 0 spiro atoms. The van der Waals surface area contributed by atoms with Gasteiger partial charge in [0, 0.05) is 0 Å². The van der Waals surface area contributed by atoms with Crippen LogP contribution in [0.5, 0.6) is 0 Å². The molecule has 0 bridgehead atoms. The lowest BCUT2D eigenvalue weighted by Crippen LogP contribution is -2.48. The van der Waals surface area contributed by atoms with Gasteiger partial charge in [0.1, 0.15) is 16.9 Å². The minimum atomic E-state index is -0.540. The van der Waals surface area contributed by atoms with E-state index in [1.165, 1.54) is 6.42 Å². The number of rotatable bonds is 2. The van der Waals surface area contributed by atoms with Gasteiger partial charge in [0.2, 0.25) is 5.91 Å². The average Bonchev–Trinajstić information content (AvgIpc) is 2.76. The molecule has 16 heavy (non-hydrogen) atoms. The van der Waals surface area contributed by atoms with Crippen molar-refractivity contribution < 1.29 is 9.21 Å². The van der Waals surface area contributed by atoms with E-state index < -0.39 is 5.41 Å². The van der Waals surface area contributed by atoms with Crippen LogP contribution < -0.4 is 11.3 Å². The molecule has 0 atom stereocenters. The predicted molar refractivity (Wildman–Crippen MR) is 60.5 cm³/mol. The maximum Gasteiger partial charge on any atom is 0.247 e. The lowest BCUT2D eigenvalue weighted by Gasteiger charge is -2.33. The van der Waals surface area contributed by atoms with Gasteiger partial charge in [0.25, 0.3) is 0 Å². The second-order valence-corrected chi connectivity index (χ2v) is 4.53. The van der Waals surface area contributed by atoms with Crippen molar-refractivity contribution in [2.24, 2.45) is 5.84 Å². The highest BCUT2D eigenvalue weighted by Crippen LogP contribution is 2.40. The van der Waals surface area contributed by atoms with Gasteiger partial charge < -0.3 is 4.42 Å². The minimum Gasteiger partial charge on any atom is -0.465 e. The summed E-state index contributed by atoms with van der Waals surface area (Å²) in [6, 6.07) is 3.80. The summed E-state index contributed by atoms with van der Waals surface area (Å²) in [5, 5.41) is 0. The zero-order chi connectivity index (χ0) is 11.6. The normalized spacial score (nSPS) is 19.4. The largest absolute Gasteiger partial charge is 0.465 e. The molecule has 0 unspecified atom stereocenters. The molecule has 0 aliphatic heterocycles. The second-order valence-electron chi connectivity index (χ2n) is 4.53. The van der Waals surface area contributed by atoms with E-state index in [0.717, 1.165) is 37.2 Å². The first-order chi connectivity index (χ1) is 7.69. The molecule has 0 saturated heterocycles. The van der Waals surface area contributed by atoms with Crippen LogP contribution in [-0.2, 0) is 10.2 Å². The maximum atomic E-state index is 12.0. The summed E-state index contributed by atoms with van der Waals surface area (Å²) >= 11 is 0. The molecule has 1 aromatic heterocycles. The fourth-order valence-corrected chi connectivity index (χ4v) is 2.57. The topological polar surface area (TPSA) is 68.3 Å². The fraction of sp³-hybridized carbons (Fsp3) is 0.583. The number of furan rings is 1. The summed E-state index contributed by atoms with van der Waals surface area (Å²) in [6.07, 6.45) is 4.92. The van der Waals surface area contributed by atoms with Gasteiger partial charge in [-0.15, -0.1) is 0 Å². The number of aryl methyl sites for hydroxylation is 1. The number of hydrogen-bond donors (Lipinski definition) is 2. The van der Waals surface area contributed by atoms with Crippen molar-refractivity contribution in [3.63, 3.8) is 0 Å². The van der Waals surface area contributed by atoms with Crippen LogP contribution >= 0.6 is 0 Å². The highest BCUT2D eigenvalue weighted by atomic mass is 16.3. The lowest BCUT2D eigenvalue weighted by atomic mass is 9.71. The van der Waals surface area contributed by atoms with E-state index in [9.17, 15) is 4.79 Å². The van der Waals surface area contributed by atoms with Crippen molar-refractivity contribution in [1.29, 1.82) is 0 Å². The molecule has 1 heterocycles. The third kappa shape index (κ3) is 1.73. The van der Waals surface area contributed by atoms with Crippen LogP contribution in [0.15, 0.2) is 16.5 Å². The van der Waals surface area contributed by atoms with E-state index in [0.29, 0.717) is 0 Å². The standard InChI is InChI=1S/C12H18N2O2/c1-9-5-6-10(16-9)12(11(15)14-13)7-3-2-4-8-12/h5-6H,2-4,7-8,13H2,1H3,(H,14,15). The maximum absolute atomic E-state index is 12.0. The minimum absolute atomic E-state index is 0.124. The van der Waals surface area contributed by atoms with E-state index in [2.05, 4.69) is 5.43 Å². The first-order valence-corrected chi connectivity index (χ1v) is 5.77. The predicted octanol–water partition coefficient (Wildman–Crippen LogP) is 1.78. The van der Waals surface area contributed by atoms with Crippen LogP contribution in [0.4, 0.5) is 0 Å². The number of carbonyl (C=O) groups is 1. The number of nitrogens with two attached hydrogens (primary N) is 1. The molecule has 4 heteroatoms. The molecule has 88 valence electrons. The van der Waals surface area contributed by atoms with Gasteiger partial charge in [-0.05, 0) is 31.9 Å².